The molecule has 5 rings (SSSR count). The number of pyridine rings is 1. The second-order valence-electron chi connectivity index (χ2n) is 8.98. The van der Waals surface area contributed by atoms with E-state index in [1.54, 1.807) is 31.6 Å². The minimum Gasteiger partial charge on any atom is -0.488 e. The summed E-state index contributed by atoms with van der Waals surface area (Å²) in [5.41, 5.74) is 1.65. The number of amides is 3. The molecule has 0 atom stereocenters. The highest BCUT2D eigenvalue weighted by atomic mass is 32.2. The third-order valence-corrected chi connectivity index (χ3v) is 7.42. The lowest BCUT2D eigenvalue weighted by Gasteiger charge is -2.27. The molecule has 196 valence electrons. The Hall–Kier alpha value is -4.45. The van der Waals surface area contributed by atoms with E-state index in [1.165, 1.54) is 34.9 Å². The van der Waals surface area contributed by atoms with Crippen molar-refractivity contribution < 1.29 is 27.1 Å². The molecule has 12 heteroatoms. The first kappa shape index (κ1) is 25.2. The average Bonchev–Trinajstić information content (AvgIpc) is 3.35. The van der Waals surface area contributed by atoms with Crippen LogP contribution in [0.25, 0.3) is 22.0 Å². The van der Waals surface area contributed by atoms with Gasteiger partial charge in [-0.2, -0.15) is 0 Å². The molecule has 2 N–H and O–H groups in total. The number of fused-ring (bicyclic) bond motifs is 1. The molecule has 3 heterocycles. The van der Waals surface area contributed by atoms with Crippen LogP contribution in [-0.4, -0.2) is 42.7 Å². The number of carbonyl (C=O) groups is 2. The summed E-state index contributed by atoms with van der Waals surface area (Å²) in [5.74, 6) is -0.739. The van der Waals surface area contributed by atoms with Gasteiger partial charge in [0, 0.05) is 55.2 Å². The van der Waals surface area contributed by atoms with Gasteiger partial charge in [-0.25, -0.2) is 17.6 Å². The zero-order valence-corrected chi connectivity index (χ0v) is 21.3. The first-order valence-corrected chi connectivity index (χ1v) is 13.5. The summed E-state index contributed by atoms with van der Waals surface area (Å²) in [4.78, 5) is 40.1. The molecule has 0 unspecified atom stereocenters. The molecule has 1 aliphatic rings. The van der Waals surface area contributed by atoms with Crippen molar-refractivity contribution in [2.24, 2.45) is 7.05 Å². The van der Waals surface area contributed by atoms with Crippen molar-refractivity contribution in [2.75, 3.05) is 17.7 Å². The van der Waals surface area contributed by atoms with Crippen molar-refractivity contribution in [3.63, 3.8) is 0 Å². The van der Waals surface area contributed by atoms with Crippen LogP contribution < -0.4 is 20.5 Å². The van der Waals surface area contributed by atoms with E-state index < -0.39 is 27.6 Å². The first-order chi connectivity index (χ1) is 18.0. The van der Waals surface area contributed by atoms with Crippen LogP contribution in [0.3, 0.4) is 0 Å². The quantitative estimate of drug-likeness (QED) is 0.388. The van der Waals surface area contributed by atoms with Crippen LogP contribution >= 0.6 is 0 Å². The number of aromatic nitrogens is 2. The van der Waals surface area contributed by atoms with Gasteiger partial charge in [-0.3, -0.25) is 19.8 Å². The van der Waals surface area contributed by atoms with E-state index in [2.05, 4.69) is 10.3 Å². The molecule has 10 nitrogen and oxygen atoms in total. The van der Waals surface area contributed by atoms with Crippen LogP contribution in [0.4, 0.5) is 14.9 Å². The number of H-pyrrole nitrogens is 1. The number of aryl methyl sites for hydroxylation is 1. The molecule has 0 bridgehead atoms. The van der Waals surface area contributed by atoms with E-state index in [1.807, 2.05) is 0 Å². The highest BCUT2D eigenvalue weighted by Crippen LogP contribution is 2.36. The number of rotatable bonds is 6. The fourth-order valence-electron chi connectivity index (χ4n) is 4.37. The topological polar surface area (TPSA) is 131 Å². The molecular formula is C26H23FN4O6S. The average molecular weight is 539 g/mol. The molecule has 2 aromatic carbocycles. The largest absolute Gasteiger partial charge is 0.488 e. The van der Waals surface area contributed by atoms with Crippen LogP contribution in [0.5, 0.6) is 5.75 Å². The van der Waals surface area contributed by atoms with Crippen LogP contribution in [0.2, 0.25) is 0 Å². The van der Waals surface area contributed by atoms with Gasteiger partial charge in [-0.15, -0.1) is 0 Å². The fourth-order valence-corrected chi connectivity index (χ4v) is 5.02. The van der Waals surface area contributed by atoms with Gasteiger partial charge in [0.05, 0.1) is 10.6 Å². The third-order valence-electron chi connectivity index (χ3n) is 6.31. The van der Waals surface area contributed by atoms with Crippen LogP contribution in [-0.2, 0) is 28.3 Å². The summed E-state index contributed by atoms with van der Waals surface area (Å²) >= 11 is 0. The van der Waals surface area contributed by atoms with Gasteiger partial charge >= 0.3 is 6.03 Å². The predicted octanol–water partition coefficient (Wildman–Crippen LogP) is 3.10. The minimum absolute atomic E-state index is 0.0389. The van der Waals surface area contributed by atoms with Crippen LogP contribution in [0.1, 0.15) is 12.0 Å². The SMILES string of the molecule is Cn1cc(-c2cc(S(C)(=O)=O)ccc2OCc2ccc(N3CCC(=O)NC3=O)c(F)c2)c2cc[nH]c2c1=O. The van der Waals surface area contributed by atoms with Gasteiger partial charge in [-0.1, -0.05) is 6.07 Å². The Morgan fingerprint density at radius 1 is 1.05 bits per heavy atom. The van der Waals surface area contributed by atoms with Crippen molar-refractivity contribution in [3.8, 4) is 16.9 Å². The summed E-state index contributed by atoms with van der Waals surface area (Å²) in [6, 6.07) is 9.74. The highest BCUT2D eigenvalue weighted by molar-refractivity contribution is 7.90. The second-order valence-corrected chi connectivity index (χ2v) is 11.0. The molecule has 0 spiro atoms. The number of halogens is 1. The number of urea groups is 1. The summed E-state index contributed by atoms with van der Waals surface area (Å²) in [7, 11) is -1.95. The van der Waals surface area contributed by atoms with Crippen molar-refractivity contribution in [2.45, 2.75) is 17.9 Å². The summed E-state index contributed by atoms with van der Waals surface area (Å²) in [5, 5.41) is 2.76. The maximum Gasteiger partial charge on any atom is 0.328 e. The van der Waals surface area contributed by atoms with Crippen LogP contribution in [0.15, 0.2) is 64.5 Å². The second kappa shape index (κ2) is 9.45. The number of hydrogen-bond donors (Lipinski definition) is 2. The van der Waals surface area contributed by atoms with Gasteiger partial charge in [0.1, 0.15) is 23.7 Å². The number of imide groups is 1. The Balaban J connectivity index is 1.49. The third kappa shape index (κ3) is 4.65. The lowest BCUT2D eigenvalue weighted by atomic mass is 10.0. The first-order valence-electron chi connectivity index (χ1n) is 11.6. The standard InChI is InChI=1S/C26H23FN4O6S/c1-30-13-19(17-7-9-28-24(17)25(30)33)18-12-16(38(2,35)36)4-6-22(18)37-14-15-3-5-21(20(27)11-15)31-10-8-23(32)29-26(31)34/h3-7,9,11-13,28H,8,10,14H2,1-2H3,(H,29,32,34). The lowest BCUT2D eigenvalue weighted by molar-refractivity contribution is -0.120. The van der Waals surface area contributed by atoms with Crippen molar-refractivity contribution in [1.29, 1.82) is 0 Å². The number of sulfone groups is 1. The molecule has 4 aromatic rings. The Kier molecular flexibility index (Phi) is 6.27. The van der Waals surface area contributed by atoms with E-state index in [0.29, 0.717) is 33.3 Å². The Morgan fingerprint density at radius 3 is 2.55 bits per heavy atom. The Bertz CT molecular complexity index is 1780. The smallest absolute Gasteiger partial charge is 0.328 e. The van der Waals surface area contributed by atoms with E-state index in [-0.39, 0.29) is 35.7 Å². The number of aromatic amines is 1. The minimum atomic E-state index is -3.54. The van der Waals surface area contributed by atoms with Crippen molar-refractivity contribution in [3.05, 3.63) is 76.6 Å². The molecule has 1 aliphatic heterocycles. The number of benzene rings is 2. The van der Waals surface area contributed by atoms with Crippen LogP contribution in [0, 0.1) is 5.82 Å². The van der Waals surface area contributed by atoms with Crippen molar-refractivity contribution in [1.82, 2.24) is 14.9 Å². The lowest BCUT2D eigenvalue weighted by Crippen LogP contribution is -2.49. The van der Waals surface area contributed by atoms with Gasteiger partial charge < -0.3 is 14.3 Å². The number of ether oxygens (including phenoxy) is 1. The Labute approximate surface area is 216 Å². The number of hydrogen-bond acceptors (Lipinski definition) is 6. The zero-order chi connectivity index (χ0) is 27.2. The molecule has 3 amide bonds. The number of nitrogens with zero attached hydrogens (tertiary/aromatic N) is 2. The summed E-state index contributed by atoms with van der Waals surface area (Å²) in [6.45, 7) is 0.00975. The van der Waals surface area contributed by atoms with Crippen molar-refractivity contribution >= 4 is 38.4 Å². The fraction of sp³-hybridized carbons (Fsp3) is 0.192. The summed E-state index contributed by atoms with van der Waals surface area (Å²) in [6.07, 6.45) is 4.40. The normalized spacial score (nSPS) is 14.1. The molecule has 2 aromatic heterocycles. The Morgan fingerprint density at radius 2 is 1.84 bits per heavy atom. The van der Waals surface area contributed by atoms with Gasteiger partial charge in [0.2, 0.25) is 5.91 Å². The van der Waals surface area contributed by atoms with Gasteiger partial charge in [-0.05, 0) is 42.0 Å². The monoisotopic (exact) mass is 538 g/mol. The summed E-state index contributed by atoms with van der Waals surface area (Å²) < 4.78 is 46.9. The van der Waals surface area contributed by atoms with E-state index in [0.717, 1.165) is 11.2 Å². The molecular weight excluding hydrogens is 515 g/mol. The number of nitrogens with one attached hydrogen (secondary N) is 2. The maximum absolute atomic E-state index is 14.9. The van der Waals surface area contributed by atoms with E-state index in [4.69, 9.17) is 4.74 Å². The molecule has 0 radical (unpaired) electrons. The van der Waals surface area contributed by atoms with Gasteiger partial charge in [0.25, 0.3) is 5.56 Å². The molecule has 0 saturated carbocycles. The van der Waals surface area contributed by atoms with E-state index in [9.17, 15) is 27.2 Å². The zero-order valence-electron chi connectivity index (χ0n) is 20.4. The predicted molar refractivity (Wildman–Crippen MR) is 138 cm³/mol. The highest BCUT2D eigenvalue weighted by Gasteiger charge is 2.26. The number of carbonyl (C=O) groups excluding carboxylic acids is 2. The molecule has 0 aliphatic carbocycles. The molecule has 38 heavy (non-hydrogen) atoms. The maximum atomic E-state index is 14.9. The van der Waals surface area contributed by atoms with E-state index >= 15 is 0 Å². The van der Waals surface area contributed by atoms with Gasteiger partial charge in [0.15, 0.2) is 9.84 Å². The molecule has 1 fully saturated rings. The molecule has 1 saturated heterocycles. The number of anilines is 1.